The fourth-order valence-electron chi connectivity index (χ4n) is 2.37. The zero-order valence-corrected chi connectivity index (χ0v) is 12.9. The Labute approximate surface area is 128 Å². The van der Waals surface area contributed by atoms with Crippen molar-refractivity contribution < 1.29 is 0 Å². The highest BCUT2D eigenvalue weighted by atomic mass is 35.5. The largest absolute Gasteiger partial charge is 0.330 e. The van der Waals surface area contributed by atoms with Gasteiger partial charge >= 0.3 is 0 Å². The Morgan fingerprint density at radius 3 is 2.45 bits per heavy atom. The molecule has 3 rings (SSSR count). The number of para-hydroxylation sites is 1. The fourth-order valence-corrected chi connectivity index (χ4v) is 2.94. The van der Waals surface area contributed by atoms with Crippen molar-refractivity contribution in [3.8, 4) is 5.69 Å². The smallest absolute Gasteiger partial charge is 0.182 e. The van der Waals surface area contributed by atoms with Gasteiger partial charge in [-0.1, -0.05) is 43.6 Å². The summed E-state index contributed by atoms with van der Waals surface area (Å²) in [5, 5.41) is 0.697. The molecular formula is C16H15ClN2S. The number of aromatic nitrogens is 2. The highest BCUT2D eigenvalue weighted by Gasteiger charge is 2.10. The van der Waals surface area contributed by atoms with Crippen molar-refractivity contribution in [1.82, 2.24) is 9.55 Å². The van der Waals surface area contributed by atoms with Crippen LogP contribution < -0.4 is 0 Å². The van der Waals surface area contributed by atoms with Gasteiger partial charge in [0.25, 0.3) is 0 Å². The maximum atomic E-state index is 6.32. The minimum atomic E-state index is 0.517. The quantitative estimate of drug-likeness (QED) is 0.623. The van der Waals surface area contributed by atoms with E-state index in [1.807, 2.05) is 22.8 Å². The third kappa shape index (κ3) is 2.17. The van der Waals surface area contributed by atoms with Gasteiger partial charge in [-0.05, 0) is 48.0 Å². The summed E-state index contributed by atoms with van der Waals surface area (Å²) in [6, 6.07) is 14.2. The minimum absolute atomic E-state index is 0.517. The van der Waals surface area contributed by atoms with Gasteiger partial charge in [-0.2, -0.15) is 0 Å². The monoisotopic (exact) mass is 302 g/mol. The van der Waals surface area contributed by atoms with Crippen LogP contribution in [0, 0.1) is 4.77 Å². The van der Waals surface area contributed by atoms with Crippen molar-refractivity contribution >= 4 is 34.9 Å². The molecule has 0 aliphatic carbocycles. The Morgan fingerprint density at radius 1 is 1.10 bits per heavy atom. The van der Waals surface area contributed by atoms with Crippen LogP contribution >= 0.6 is 23.8 Å². The first-order valence-corrected chi connectivity index (χ1v) is 7.36. The molecule has 3 aromatic rings. The molecule has 0 fully saturated rings. The van der Waals surface area contributed by atoms with E-state index >= 15 is 0 Å². The van der Waals surface area contributed by atoms with Crippen molar-refractivity contribution in [1.29, 1.82) is 0 Å². The van der Waals surface area contributed by atoms with E-state index in [2.05, 4.69) is 43.1 Å². The van der Waals surface area contributed by atoms with Crippen molar-refractivity contribution in [3.05, 3.63) is 57.8 Å². The van der Waals surface area contributed by atoms with Gasteiger partial charge < -0.3 is 4.98 Å². The molecule has 0 spiro atoms. The van der Waals surface area contributed by atoms with Crippen molar-refractivity contribution in [2.45, 2.75) is 19.8 Å². The van der Waals surface area contributed by atoms with Gasteiger partial charge in [-0.3, -0.25) is 4.57 Å². The number of imidazole rings is 1. The summed E-state index contributed by atoms with van der Waals surface area (Å²) in [5.74, 6) is 0.517. The second kappa shape index (κ2) is 5.08. The average molecular weight is 303 g/mol. The summed E-state index contributed by atoms with van der Waals surface area (Å²) < 4.78 is 2.64. The van der Waals surface area contributed by atoms with E-state index in [9.17, 15) is 0 Å². The molecule has 0 atom stereocenters. The Kier molecular flexibility index (Phi) is 3.40. The molecule has 0 aliphatic heterocycles. The molecule has 2 aromatic carbocycles. The molecule has 20 heavy (non-hydrogen) atoms. The molecule has 0 aliphatic rings. The van der Waals surface area contributed by atoms with Crippen LogP contribution in [0.15, 0.2) is 42.5 Å². The first kappa shape index (κ1) is 13.4. The molecule has 2 nitrogen and oxygen atoms in total. The SMILES string of the molecule is CC(C)c1ccc(-n2c(=S)[nH]c3cccc(Cl)c32)cc1. The number of fused-ring (bicyclic) bond motifs is 1. The van der Waals surface area contributed by atoms with E-state index in [-0.39, 0.29) is 0 Å². The highest BCUT2D eigenvalue weighted by molar-refractivity contribution is 7.71. The molecule has 0 amide bonds. The van der Waals surface area contributed by atoms with Gasteiger partial charge in [0.15, 0.2) is 4.77 Å². The van der Waals surface area contributed by atoms with Crippen LogP contribution in [0.25, 0.3) is 16.7 Å². The standard InChI is InChI=1S/C16H15ClN2S/c1-10(2)11-6-8-12(9-7-11)19-15-13(17)4-3-5-14(15)18-16(19)20/h3-10H,1-2H3,(H,18,20). The summed E-state index contributed by atoms with van der Waals surface area (Å²) in [4.78, 5) is 3.20. The average Bonchev–Trinajstić information content (AvgIpc) is 2.76. The lowest BCUT2D eigenvalue weighted by atomic mass is 10.0. The lowest BCUT2D eigenvalue weighted by Crippen LogP contribution is -1.95. The highest BCUT2D eigenvalue weighted by Crippen LogP contribution is 2.27. The summed E-state index contributed by atoms with van der Waals surface area (Å²) in [6.45, 7) is 4.37. The van der Waals surface area contributed by atoms with Gasteiger partial charge in [0.2, 0.25) is 0 Å². The van der Waals surface area contributed by atoms with E-state index in [1.165, 1.54) is 5.56 Å². The zero-order valence-electron chi connectivity index (χ0n) is 11.4. The predicted octanol–water partition coefficient (Wildman–Crippen LogP) is 5.46. The molecule has 0 saturated heterocycles. The molecule has 0 unspecified atom stereocenters. The number of benzene rings is 2. The topological polar surface area (TPSA) is 20.7 Å². The first-order chi connectivity index (χ1) is 9.58. The van der Waals surface area contributed by atoms with Crippen molar-refractivity contribution in [2.75, 3.05) is 0 Å². The number of nitrogens with zero attached hydrogens (tertiary/aromatic N) is 1. The predicted molar refractivity (Wildman–Crippen MR) is 87.6 cm³/mol. The normalized spacial score (nSPS) is 11.4. The molecule has 0 bridgehead atoms. The van der Waals surface area contributed by atoms with Crippen LogP contribution in [0.3, 0.4) is 0 Å². The Balaban J connectivity index is 2.24. The van der Waals surface area contributed by atoms with Gasteiger partial charge in [0.1, 0.15) is 0 Å². The van der Waals surface area contributed by atoms with Crippen LogP contribution in [-0.4, -0.2) is 9.55 Å². The lowest BCUT2D eigenvalue weighted by molar-refractivity contribution is 0.865. The fraction of sp³-hybridized carbons (Fsp3) is 0.188. The summed E-state index contributed by atoms with van der Waals surface area (Å²) in [7, 11) is 0. The van der Waals surface area contributed by atoms with Gasteiger partial charge in [-0.15, -0.1) is 0 Å². The van der Waals surface area contributed by atoms with Crippen LogP contribution in [-0.2, 0) is 0 Å². The van der Waals surface area contributed by atoms with Crippen LogP contribution in [0.1, 0.15) is 25.3 Å². The minimum Gasteiger partial charge on any atom is -0.330 e. The molecule has 102 valence electrons. The Morgan fingerprint density at radius 2 is 1.80 bits per heavy atom. The maximum Gasteiger partial charge on any atom is 0.182 e. The Bertz CT molecular complexity index is 813. The number of hydrogen-bond donors (Lipinski definition) is 1. The van der Waals surface area contributed by atoms with Crippen LogP contribution in [0.5, 0.6) is 0 Å². The van der Waals surface area contributed by atoms with E-state index < -0.39 is 0 Å². The number of aromatic amines is 1. The maximum absolute atomic E-state index is 6.32. The van der Waals surface area contributed by atoms with Gasteiger partial charge in [0.05, 0.1) is 16.1 Å². The number of halogens is 1. The van der Waals surface area contributed by atoms with Gasteiger partial charge in [0, 0.05) is 5.69 Å². The third-order valence-corrected chi connectivity index (χ3v) is 4.06. The second-order valence-electron chi connectivity index (χ2n) is 5.15. The molecule has 0 radical (unpaired) electrons. The summed E-state index contributed by atoms with van der Waals surface area (Å²) >= 11 is 11.7. The first-order valence-electron chi connectivity index (χ1n) is 6.57. The third-order valence-electron chi connectivity index (χ3n) is 3.47. The second-order valence-corrected chi connectivity index (χ2v) is 5.94. The summed E-state index contributed by atoms with van der Waals surface area (Å²) in [6.07, 6.45) is 0. The molecule has 4 heteroatoms. The van der Waals surface area contributed by atoms with Crippen LogP contribution in [0.2, 0.25) is 5.02 Å². The molecule has 0 saturated carbocycles. The molecular weight excluding hydrogens is 288 g/mol. The van der Waals surface area contributed by atoms with E-state index in [0.717, 1.165) is 16.7 Å². The van der Waals surface area contributed by atoms with Crippen molar-refractivity contribution in [2.24, 2.45) is 0 Å². The number of nitrogens with one attached hydrogen (secondary N) is 1. The van der Waals surface area contributed by atoms with E-state index in [4.69, 9.17) is 23.8 Å². The Hall–Kier alpha value is -1.58. The van der Waals surface area contributed by atoms with E-state index in [0.29, 0.717) is 15.7 Å². The van der Waals surface area contributed by atoms with E-state index in [1.54, 1.807) is 0 Å². The number of rotatable bonds is 2. The van der Waals surface area contributed by atoms with Gasteiger partial charge in [-0.25, -0.2) is 0 Å². The number of hydrogen-bond acceptors (Lipinski definition) is 1. The molecule has 1 N–H and O–H groups in total. The lowest BCUT2D eigenvalue weighted by Gasteiger charge is -2.09. The number of H-pyrrole nitrogens is 1. The van der Waals surface area contributed by atoms with Crippen LogP contribution in [0.4, 0.5) is 0 Å². The van der Waals surface area contributed by atoms with Crippen molar-refractivity contribution in [3.63, 3.8) is 0 Å². The molecule has 1 aromatic heterocycles. The zero-order chi connectivity index (χ0) is 14.3. The molecule has 1 heterocycles. The summed E-state index contributed by atoms with van der Waals surface area (Å²) in [5.41, 5.74) is 4.22.